The number of hydrogen-bond donors (Lipinski definition) is 1. The van der Waals surface area contributed by atoms with E-state index in [1.54, 1.807) is 12.3 Å². The number of nitrogens with one attached hydrogen (secondary N) is 1. The maximum absolute atomic E-state index is 11.9. The Morgan fingerprint density at radius 2 is 2.33 bits per heavy atom. The molecule has 5 nitrogen and oxygen atoms in total. The van der Waals surface area contributed by atoms with Crippen molar-refractivity contribution in [2.75, 3.05) is 11.9 Å². The van der Waals surface area contributed by atoms with Crippen molar-refractivity contribution >= 4 is 5.69 Å². The van der Waals surface area contributed by atoms with Crippen LogP contribution < -0.4 is 10.9 Å². The third-order valence-electron chi connectivity index (χ3n) is 3.02. The summed E-state index contributed by atoms with van der Waals surface area (Å²) in [5, 5.41) is 7.61. The number of rotatable bonds is 2. The van der Waals surface area contributed by atoms with Crippen LogP contribution in [0.15, 0.2) is 35.3 Å². The zero-order valence-corrected chi connectivity index (χ0v) is 9.97. The summed E-state index contributed by atoms with van der Waals surface area (Å²) in [6.07, 6.45) is 3.70. The highest BCUT2D eigenvalue weighted by Crippen LogP contribution is 2.16. The molecule has 0 atom stereocenters. The van der Waals surface area contributed by atoms with E-state index in [9.17, 15) is 4.79 Å². The fourth-order valence-electron chi connectivity index (χ4n) is 2.11. The summed E-state index contributed by atoms with van der Waals surface area (Å²) in [4.78, 5) is 16.1. The maximum atomic E-state index is 11.9. The topological polar surface area (TPSA) is 59.8 Å². The molecule has 1 aliphatic rings. The Bertz CT molecular complexity index is 606. The van der Waals surface area contributed by atoms with E-state index < -0.39 is 0 Å². The molecule has 1 aliphatic heterocycles. The normalized spacial score (nSPS) is 13.8. The Labute approximate surface area is 104 Å². The third-order valence-corrected chi connectivity index (χ3v) is 3.02. The van der Waals surface area contributed by atoms with Gasteiger partial charge >= 0.3 is 0 Å². The molecule has 0 saturated carbocycles. The molecule has 0 aromatic carbocycles. The molecular weight excluding hydrogens is 228 g/mol. The minimum absolute atomic E-state index is 0.0891. The fraction of sp³-hybridized carbons (Fsp3) is 0.308. The molecule has 0 amide bonds. The molecule has 3 heterocycles. The van der Waals surface area contributed by atoms with E-state index in [0.717, 1.165) is 36.5 Å². The summed E-state index contributed by atoms with van der Waals surface area (Å²) in [5.74, 6) is 0. The van der Waals surface area contributed by atoms with Gasteiger partial charge in [-0.05, 0) is 25.0 Å². The Kier molecular flexibility index (Phi) is 2.80. The van der Waals surface area contributed by atoms with Crippen LogP contribution in [0.4, 0.5) is 5.69 Å². The number of aromatic nitrogens is 3. The SMILES string of the molecule is O=c1cc2c(nn1Cc1ccccn1)CCCN2. The van der Waals surface area contributed by atoms with Crippen molar-refractivity contribution in [3.05, 3.63) is 52.2 Å². The number of aryl methyl sites for hydroxylation is 1. The highest BCUT2D eigenvalue weighted by atomic mass is 16.1. The fourth-order valence-corrected chi connectivity index (χ4v) is 2.11. The molecule has 0 radical (unpaired) electrons. The quantitative estimate of drug-likeness (QED) is 0.855. The maximum Gasteiger partial charge on any atom is 0.269 e. The lowest BCUT2D eigenvalue weighted by Crippen LogP contribution is -2.27. The van der Waals surface area contributed by atoms with E-state index in [-0.39, 0.29) is 5.56 Å². The summed E-state index contributed by atoms with van der Waals surface area (Å²) in [6, 6.07) is 7.29. The first-order chi connectivity index (χ1) is 8.83. The Morgan fingerprint density at radius 1 is 1.39 bits per heavy atom. The molecule has 2 aromatic heterocycles. The van der Waals surface area contributed by atoms with Gasteiger partial charge in [-0.15, -0.1) is 0 Å². The van der Waals surface area contributed by atoms with E-state index in [1.807, 2.05) is 18.2 Å². The monoisotopic (exact) mass is 242 g/mol. The van der Waals surface area contributed by atoms with Gasteiger partial charge in [0.15, 0.2) is 0 Å². The Hall–Kier alpha value is -2.17. The number of nitrogens with zero attached hydrogens (tertiary/aromatic N) is 3. The molecule has 1 N–H and O–H groups in total. The summed E-state index contributed by atoms with van der Waals surface area (Å²) >= 11 is 0. The Morgan fingerprint density at radius 3 is 3.17 bits per heavy atom. The van der Waals surface area contributed by atoms with Crippen molar-refractivity contribution < 1.29 is 0 Å². The average Bonchev–Trinajstić information content (AvgIpc) is 2.41. The average molecular weight is 242 g/mol. The lowest BCUT2D eigenvalue weighted by atomic mass is 10.1. The van der Waals surface area contributed by atoms with Crippen LogP contribution in [-0.4, -0.2) is 21.3 Å². The van der Waals surface area contributed by atoms with E-state index in [2.05, 4.69) is 15.4 Å². The predicted octanol–water partition coefficient (Wildman–Crippen LogP) is 1.04. The summed E-state index contributed by atoms with van der Waals surface area (Å²) in [7, 11) is 0. The molecule has 0 unspecified atom stereocenters. The van der Waals surface area contributed by atoms with E-state index >= 15 is 0 Å². The smallest absolute Gasteiger partial charge is 0.269 e. The highest BCUT2D eigenvalue weighted by molar-refractivity contribution is 5.48. The van der Waals surface area contributed by atoms with Crippen molar-refractivity contribution in [2.45, 2.75) is 19.4 Å². The second-order valence-corrected chi connectivity index (χ2v) is 4.35. The summed E-state index contributed by atoms with van der Waals surface area (Å²) < 4.78 is 1.48. The zero-order valence-electron chi connectivity index (χ0n) is 9.97. The van der Waals surface area contributed by atoms with E-state index in [0.29, 0.717) is 6.54 Å². The number of pyridine rings is 1. The number of hydrogen-bond acceptors (Lipinski definition) is 4. The van der Waals surface area contributed by atoms with Gasteiger partial charge in [0.25, 0.3) is 5.56 Å². The summed E-state index contributed by atoms with van der Waals surface area (Å²) in [6.45, 7) is 1.34. The lowest BCUT2D eigenvalue weighted by molar-refractivity contribution is 0.600. The van der Waals surface area contributed by atoms with Crippen molar-refractivity contribution in [2.24, 2.45) is 0 Å². The van der Waals surface area contributed by atoms with Crippen molar-refractivity contribution in [1.29, 1.82) is 0 Å². The van der Waals surface area contributed by atoms with Gasteiger partial charge in [-0.1, -0.05) is 6.07 Å². The van der Waals surface area contributed by atoms with Gasteiger partial charge in [0, 0.05) is 18.8 Å². The minimum Gasteiger partial charge on any atom is -0.383 e. The van der Waals surface area contributed by atoms with Crippen LogP contribution in [-0.2, 0) is 13.0 Å². The molecule has 0 bridgehead atoms. The highest BCUT2D eigenvalue weighted by Gasteiger charge is 2.12. The standard InChI is InChI=1S/C13H14N4O/c18-13-8-12-11(5-3-7-15-12)16-17(13)9-10-4-1-2-6-14-10/h1-2,4,6,8,15H,3,5,7,9H2. The molecule has 0 aliphatic carbocycles. The van der Waals surface area contributed by atoms with Crippen LogP contribution in [0.25, 0.3) is 0 Å². The molecule has 0 spiro atoms. The first-order valence-electron chi connectivity index (χ1n) is 6.08. The molecule has 18 heavy (non-hydrogen) atoms. The van der Waals surface area contributed by atoms with Gasteiger partial charge in [-0.3, -0.25) is 9.78 Å². The molecule has 92 valence electrons. The first-order valence-corrected chi connectivity index (χ1v) is 6.08. The molecule has 5 heteroatoms. The molecule has 0 fully saturated rings. The molecule has 0 saturated heterocycles. The van der Waals surface area contributed by atoms with Crippen LogP contribution in [0.3, 0.4) is 0 Å². The minimum atomic E-state index is -0.0891. The van der Waals surface area contributed by atoms with Crippen LogP contribution in [0.2, 0.25) is 0 Å². The van der Waals surface area contributed by atoms with Crippen LogP contribution in [0.5, 0.6) is 0 Å². The van der Waals surface area contributed by atoms with Crippen LogP contribution in [0, 0.1) is 0 Å². The van der Waals surface area contributed by atoms with Gasteiger partial charge in [-0.2, -0.15) is 5.10 Å². The molecule has 3 rings (SSSR count). The number of anilines is 1. The van der Waals surface area contributed by atoms with Crippen molar-refractivity contribution in [1.82, 2.24) is 14.8 Å². The van der Waals surface area contributed by atoms with Crippen molar-refractivity contribution in [3.8, 4) is 0 Å². The van der Waals surface area contributed by atoms with Gasteiger partial charge < -0.3 is 5.32 Å². The molecular formula is C13H14N4O. The molecule has 2 aromatic rings. The van der Waals surface area contributed by atoms with Crippen LogP contribution in [0.1, 0.15) is 17.8 Å². The second kappa shape index (κ2) is 4.60. The zero-order chi connectivity index (χ0) is 12.4. The summed E-state index contributed by atoms with van der Waals surface area (Å²) in [5.41, 5.74) is 2.60. The third kappa shape index (κ3) is 2.11. The lowest BCUT2D eigenvalue weighted by Gasteiger charge is -2.17. The van der Waals surface area contributed by atoms with Crippen molar-refractivity contribution in [3.63, 3.8) is 0 Å². The van der Waals surface area contributed by atoms with Gasteiger partial charge in [0.2, 0.25) is 0 Å². The van der Waals surface area contributed by atoms with Gasteiger partial charge in [0.05, 0.1) is 23.6 Å². The van der Waals surface area contributed by atoms with Gasteiger partial charge in [-0.25, -0.2) is 4.68 Å². The second-order valence-electron chi connectivity index (χ2n) is 4.35. The predicted molar refractivity (Wildman–Crippen MR) is 68.6 cm³/mol. The largest absolute Gasteiger partial charge is 0.383 e. The van der Waals surface area contributed by atoms with Gasteiger partial charge in [0.1, 0.15) is 0 Å². The Balaban J connectivity index is 1.95. The van der Waals surface area contributed by atoms with E-state index in [1.165, 1.54) is 4.68 Å². The number of fused-ring (bicyclic) bond motifs is 1. The van der Waals surface area contributed by atoms with Crippen LogP contribution >= 0.6 is 0 Å². The van der Waals surface area contributed by atoms with E-state index in [4.69, 9.17) is 0 Å². The first kappa shape index (κ1) is 11.0.